The van der Waals surface area contributed by atoms with Crippen molar-refractivity contribution in [1.82, 2.24) is 19.8 Å². The first-order chi connectivity index (χ1) is 14.3. The van der Waals surface area contributed by atoms with Gasteiger partial charge in [0.15, 0.2) is 0 Å². The van der Waals surface area contributed by atoms with E-state index < -0.39 is 11.7 Å². The molecule has 2 aromatic carbocycles. The molecule has 2 heterocycles. The third-order valence-electron chi connectivity index (χ3n) is 4.66. The molecule has 154 valence electrons. The topological polar surface area (TPSA) is 63.0 Å². The maximum Gasteiger partial charge on any atom is 0.416 e. The van der Waals surface area contributed by atoms with Crippen molar-refractivity contribution in [2.45, 2.75) is 30.4 Å². The molecule has 0 radical (unpaired) electrons. The van der Waals surface area contributed by atoms with Crippen LogP contribution < -0.4 is 5.56 Å². The van der Waals surface area contributed by atoms with E-state index in [1.54, 1.807) is 12.1 Å². The van der Waals surface area contributed by atoms with Crippen LogP contribution in [0.5, 0.6) is 0 Å². The number of H-pyrrole nitrogens is 1. The molecule has 0 spiro atoms. The molecule has 0 bridgehead atoms. The Bertz CT molecular complexity index is 1250. The summed E-state index contributed by atoms with van der Waals surface area (Å²) in [5, 5.41) is 11.4. The van der Waals surface area contributed by atoms with Crippen LogP contribution >= 0.6 is 11.8 Å². The Hall–Kier alpha value is -3.07. The Kier molecular flexibility index (Phi) is 5.38. The SMILES string of the molecule is CCc1ccc(-c2cc3c(=O)[nH]nc(SCc4cccc(C(F)(F)F)c4)n3n2)cc1. The molecule has 0 aliphatic rings. The molecule has 0 unspecified atom stereocenters. The van der Waals surface area contributed by atoms with Gasteiger partial charge < -0.3 is 0 Å². The summed E-state index contributed by atoms with van der Waals surface area (Å²) < 4.78 is 40.2. The summed E-state index contributed by atoms with van der Waals surface area (Å²) in [4.78, 5) is 12.2. The summed E-state index contributed by atoms with van der Waals surface area (Å²) in [6, 6.07) is 14.7. The minimum absolute atomic E-state index is 0.248. The number of alkyl halides is 3. The predicted octanol–water partition coefficient (Wildman–Crippen LogP) is 4.96. The van der Waals surface area contributed by atoms with E-state index in [1.165, 1.54) is 27.9 Å². The largest absolute Gasteiger partial charge is 0.416 e. The molecule has 0 aliphatic heterocycles. The van der Waals surface area contributed by atoms with Crippen LogP contribution in [-0.2, 0) is 18.3 Å². The summed E-state index contributed by atoms with van der Waals surface area (Å²) in [5.74, 6) is 0.248. The normalized spacial score (nSPS) is 11.9. The van der Waals surface area contributed by atoms with Crippen molar-refractivity contribution >= 4 is 17.3 Å². The molecule has 0 aliphatic carbocycles. The van der Waals surface area contributed by atoms with Gasteiger partial charge in [0.1, 0.15) is 5.52 Å². The van der Waals surface area contributed by atoms with E-state index in [2.05, 4.69) is 22.2 Å². The first-order valence-corrected chi connectivity index (χ1v) is 10.2. The fraction of sp³-hybridized carbons (Fsp3) is 0.190. The Morgan fingerprint density at radius 3 is 2.53 bits per heavy atom. The molecule has 0 amide bonds. The zero-order chi connectivity index (χ0) is 21.3. The molecular formula is C21H17F3N4OS. The molecule has 2 aromatic heterocycles. The highest BCUT2D eigenvalue weighted by Crippen LogP contribution is 2.31. The van der Waals surface area contributed by atoms with Crippen molar-refractivity contribution in [2.24, 2.45) is 0 Å². The number of fused-ring (bicyclic) bond motifs is 1. The van der Waals surface area contributed by atoms with Gasteiger partial charge in [0.2, 0.25) is 5.16 Å². The number of hydrogen-bond donors (Lipinski definition) is 1. The molecule has 9 heteroatoms. The van der Waals surface area contributed by atoms with Gasteiger partial charge in [0.05, 0.1) is 11.3 Å². The second-order valence-corrected chi connectivity index (χ2v) is 7.64. The van der Waals surface area contributed by atoms with Crippen LogP contribution in [0.15, 0.2) is 64.5 Å². The Labute approximate surface area is 174 Å². The maximum atomic E-state index is 12.9. The number of hydrogen-bond acceptors (Lipinski definition) is 4. The summed E-state index contributed by atoms with van der Waals surface area (Å²) in [6.07, 6.45) is -3.47. The second-order valence-electron chi connectivity index (χ2n) is 6.70. The summed E-state index contributed by atoms with van der Waals surface area (Å²) >= 11 is 1.20. The van der Waals surface area contributed by atoms with Gasteiger partial charge >= 0.3 is 6.18 Å². The van der Waals surface area contributed by atoms with Crippen molar-refractivity contribution in [1.29, 1.82) is 0 Å². The van der Waals surface area contributed by atoms with Gasteiger partial charge in [-0.2, -0.15) is 18.3 Å². The Balaban J connectivity index is 1.64. The minimum Gasteiger partial charge on any atom is -0.266 e. The minimum atomic E-state index is -4.39. The van der Waals surface area contributed by atoms with Crippen molar-refractivity contribution in [3.63, 3.8) is 0 Å². The van der Waals surface area contributed by atoms with E-state index in [0.717, 1.165) is 24.1 Å². The predicted molar refractivity (Wildman–Crippen MR) is 109 cm³/mol. The molecule has 30 heavy (non-hydrogen) atoms. The average Bonchev–Trinajstić information content (AvgIpc) is 3.19. The first kappa shape index (κ1) is 20.2. The van der Waals surface area contributed by atoms with Crippen LogP contribution in [0.4, 0.5) is 13.2 Å². The van der Waals surface area contributed by atoms with Crippen molar-refractivity contribution in [2.75, 3.05) is 0 Å². The standard InChI is InChI=1S/C21H17F3N4OS/c1-2-13-6-8-15(9-7-13)17-11-18-19(29)25-26-20(28(18)27-17)30-12-14-4-3-5-16(10-14)21(22,23)24/h3-11H,2,12H2,1H3,(H,25,29). The lowest BCUT2D eigenvalue weighted by molar-refractivity contribution is -0.137. The lowest BCUT2D eigenvalue weighted by Gasteiger charge is -2.08. The molecule has 4 rings (SSSR count). The summed E-state index contributed by atoms with van der Waals surface area (Å²) in [6.45, 7) is 2.07. The van der Waals surface area contributed by atoms with Gasteiger partial charge in [0.25, 0.3) is 5.56 Å². The van der Waals surface area contributed by atoms with Crippen LogP contribution in [0.25, 0.3) is 16.8 Å². The van der Waals surface area contributed by atoms with E-state index in [1.807, 2.05) is 24.3 Å². The summed E-state index contributed by atoms with van der Waals surface area (Å²) in [5.41, 5.74) is 2.42. The zero-order valence-electron chi connectivity index (χ0n) is 15.9. The van der Waals surface area contributed by atoms with Crippen LogP contribution in [-0.4, -0.2) is 19.8 Å². The van der Waals surface area contributed by atoms with Crippen LogP contribution in [0.3, 0.4) is 0 Å². The Morgan fingerprint density at radius 1 is 1.07 bits per heavy atom. The van der Waals surface area contributed by atoms with Crippen LogP contribution in [0.1, 0.15) is 23.6 Å². The molecule has 1 N–H and O–H groups in total. The number of benzene rings is 2. The molecule has 0 saturated heterocycles. The quantitative estimate of drug-likeness (QED) is 0.455. The fourth-order valence-electron chi connectivity index (χ4n) is 3.02. The number of nitrogens with one attached hydrogen (secondary N) is 1. The van der Waals surface area contributed by atoms with E-state index in [9.17, 15) is 18.0 Å². The molecule has 0 atom stereocenters. The lowest BCUT2D eigenvalue weighted by atomic mass is 10.1. The fourth-order valence-corrected chi connectivity index (χ4v) is 3.87. The highest BCUT2D eigenvalue weighted by Gasteiger charge is 2.30. The van der Waals surface area contributed by atoms with E-state index in [4.69, 9.17) is 0 Å². The Morgan fingerprint density at radius 2 is 1.83 bits per heavy atom. The van der Waals surface area contributed by atoms with Crippen molar-refractivity contribution in [3.8, 4) is 11.3 Å². The van der Waals surface area contributed by atoms with Gasteiger partial charge in [-0.1, -0.05) is 61.2 Å². The highest BCUT2D eigenvalue weighted by molar-refractivity contribution is 7.98. The van der Waals surface area contributed by atoms with Gasteiger partial charge in [-0.3, -0.25) is 4.79 Å². The zero-order valence-corrected chi connectivity index (χ0v) is 16.7. The van der Waals surface area contributed by atoms with E-state index in [-0.39, 0.29) is 11.3 Å². The van der Waals surface area contributed by atoms with Gasteiger partial charge in [-0.05, 0) is 29.7 Å². The lowest BCUT2D eigenvalue weighted by Crippen LogP contribution is -2.13. The number of halogens is 3. The number of nitrogens with zero attached hydrogens (tertiary/aromatic N) is 3. The number of aromatic amines is 1. The van der Waals surface area contributed by atoms with Crippen molar-refractivity contribution in [3.05, 3.63) is 81.6 Å². The maximum absolute atomic E-state index is 12.9. The van der Waals surface area contributed by atoms with Crippen LogP contribution in [0.2, 0.25) is 0 Å². The molecule has 4 aromatic rings. The number of rotatable bonds is 5. The van der Waals surface area contributed by atoms with Gasteiger partial charge in [-0.25, -0.2) is 9.61 Å². The molecular weight excluding hydrogens is 413 g/mol. The van der Waals surface area contributed by atoms with E-state index in [0.29, 0.717) is 21.9 Å². The van der Waals surface area contributed by atoms with E-state index >= 15 is 0 Å². The van der Waals surface area contributed by atoms with Gasteiger partial charge in [-0.15, -0.1) is 5.10 Å². The number of aryl methyl sites for hydroxylation is 1. The average molecular weight is 430 g/mol. The monoisotopic (exact) mass is 430 g/mol. The highest BCUT2D eigenvalue weighted by atomic mass is 32.2. The second kappa shape index (κ2) is 7.98. The van der Waals surface area contributed by atoms with Crippen molar-refractivity contribution < 1.29 is 13.2 Å². The number of thioether (sulfide) groups is 1. The third-order valence-corrected chi connectivity index (χ3v) is 5.66. The third kappa shape index (κ3) is 4.11. The smallest absolute Gasteiger partial charge is 0.266 e. The van der Waals surface area contributed by atoms with Gasteiger partial charge in [0, 0.05) is 11.3 Å². The molecule has 0 saturated carbocycles. The summed E-state index contributed by atoms with van der Waals surface area (Å²) in [7, 11) is 0. The number of aromatic nitrogens is 4. The van der Waals surface area contributed by atoms with Crippen LogP contribution in [0, 0.1) is 0 Å². The molecule has 5 nitrogen and oxygen atoms in total. The molecule has 0 fully saturated rings. The first-order valence-electron chi connectivity index (χ1n) is 9.22.